The van der Waals surface area contributed by atoms with Crippen LogP contribution in [0.3, 0.4) is 0 Å². The van der Waals surface area contributed by atoms with Gasteiger partial charge in [-0.25, -0.2) is 4.68 Å². The summed E-state index contributed by atoms with van der Waals surface area (Å²) >= 11 is 0. The molecule has 0 atom stereocenters. The average molecular weight is 218 g/mol. The van der Waals surface area contributed by atoms with Gasteiger partial charge in [-0.15, -0.1) is 0 Å². The number of nitrogens with zero attached hydrogens (tertiary/aromatic N) is 3. The van der Waals surface area contributed by atoms with Gasteiger partial charge in [0.2, 0.25) is 0 Å². The third-order valence-corrected chi connectivity index (χ3v) is 2.32. The average Bonchev–Trinajstić information content (AvgIpc) is 2.61. The van der Waals surface area contributed by atoms with Crippen LogP contribution in [0.5, 0.6) is 0 Å². The van der Waals surface area contributed by atoms with Crippen molar-refractivity contribution in [2.75, 3.05) is 12.3 Å². The second-order valence-corrected chi connectivity index (χ2v) is 3.59. The number of anilines is 1. The molecular formula is C11H14N4O. The first-order valence-electron chi connectivity index (χ1n) is 5.08. The molecule has 0 saturated carbocycles. The first kappa shape index (κ1) is 10.6. The van der Waals surface area contributed by atoms with Crippen LogP contribution in [0.1, 0.15) is 5.69 Å². The van der Waals surface area contributed by atoms with E-state index in [-0.39, 0.29) is 6.61 Å². The first-order chi connectivity index (χ1) is 7.70. The van der Waals surface area contributed by atoms with Gasteiger partial charge in [0.25, 0.3) is 0 Å². The summed E-state index contributed by atoms with van der Waals surface area (Å²) in [6, 6.07) is 5.63. The molecule has 5 heteroatoms. The quantitative estimate of drug-likeness (QED) is 0.800. The Kier molecular flexibility index (Phi) is 2.87. The molecule has 0 bridgehead atoms. The van der Waals surface area contributed by atoms with Gasteiger partial charge in [-0.1, -0.05) is 0 Å². The predicted octanol–water partition coefficient (Wildman–Crippen LogP) is 0.828. The van der Waals surface area contributed by atoms with Crippen molar-refractivity contribution < 1.29 is 5.11 Å². The lowest BCUT2D eigenvalue weighted by molar-refractivity contribution is 0.270. The lowest BCUT2D eigenvalue weighted by Crippen LogP contribution is -2.07. The summed E-state index contributed by atoms with van der Waals surface area (Å²) in [7, 11) is 0. The van der Waals surface area contributed by atoms with Gasteiger partial charge in [0.15, 0.2) is 0 Å². The van der Waals surface area contributed by atoms with Gasteiger partial charge >= 0.3 is 0 Å². The third kappa shape index (κ3) is 2.04. The second-order valence-electron chi connectivity index (χ2n) is 3.59. The Morgan fingerprint density at radius 3 is 2.94 bits per heavy atom. The molecule has 3 N–H and O–H groups in total. The number of aryl methyl sites for hydroxylation is 1. The zero-order valence-corrected chi connectivity index (χ0v) is 9.09. The molecule has 2 rings (SSSR count). The van der Waals surface area contributed by atoms with Crippen LogP contribution in [0.15, 0.2) is 24.4 Å². The standard InChI is InChI=1S/C11H14N4O/c1-8-6-9(2-3-13-8)10-7-11(12)15(14-10)4-5-16/h2-3,6-7,16H,4-5,12H2,1H3. The summed E-state index contributed by atoms with van der Waals surface area (Å²) < 4.78 is 1.59. The molecule has 0 aliphatic rings. The lowest BCUT2D eigenvalue weighted by atomic mass is 10.2. The Hall–Kier alpha value is -1.88. The summed E-state index contributed by atoms with van der Waals surface area (Å²) in [4.78, 5) is 4.13. The number of rotatable bonds is 3. The Labute approximate surface area is 93.5 Å². The van der Waals surface area contributed by atoms with Crippen molar-refractivity contribution in [3.05, 3.63) is 30.1 Å². The van der Waals surface area contributed by atoms with E-state index in [2.05, 4.69) is 10.1 Å². The van der Waals surface area contributed by atoms with Crippen LogP contribution in [0.25, 0.3) is 11.3 Å². The second kappa shape index (κ2) is 4.32. The molecule has 0 radical (unpaired) electrons. The van der Waals surface area contributed by atoms with Crippen molar-refractivity contribution >= 4 is 5.82 Å². The monoisotopic (exact) mass is 218 g/mol. The number of pyridine rings is 1. The van der Waals surface area contributed by atoms with E-state index < -0.39 is 0 Å². The van der Waals surface area contributed by atoms with Crippen LogP contribution in [0.4, 0.5) is 5.82 Å². The summed E-state index contributed by atoms with van der Waals surface area (Å²) in [6.45, 7) is 2.37. The van der Waals surface area contributed by atoms with Gasteiger partial charge in [-0.05, 0) is 19.1 Å². The van der Waals surface area contributed by atoms with E-state index in [0.29, 0.717) is 12.4 Å². The molecule has 0 saturated heterocycles. The van der Waals surface area contributed by atoms with Crippen LogP contribution < -0.4 is 5.73 Å². The van der Waals surface area contributed by atoms with E-state index in [4.69, 9.17) is 10.8 Å². The fourth-order valence-electron chi connectivity index (χ4n) is 1.55. The van der Waals surface area contributed by atoms with E-state index in [9.17, 15) is 0 Å². The molecule has 16 heavy (non-hydrogen) atoms. The van der Waals surface area contributed by atoms with Gasteiger partial charge in [-0.3, -0.25) is 4.98 Å². The predicted molar refractivity (Wildman–Crippen MR) is 61.7 cm³/mol. The molecule has 2 heterocycles. The zero-order valence-electron chi connectivity index (χ0n) is 9.09. The summed E-state index contributed by atoms with van der Waals surface area (Å²) in [6.07, 6.45) is 1.74. The minimum atomic E-state index is 0.0285. The summed E-state index contributed by atoms with van der Waals surface area (Å²) in [5.41, 5.74) is 8.50. The Bertz CT molecular complexity index is 492. The van der Waals surface area contributed by atoms with Gasteiger partial charge in [0, 0.05) is 23.5 Å². The molecule has 5 nitrogen and oxygen atoms in total. The molecule has 0 spiro atoms. The number of aromatic nitrogens is 3. The normalized spacial score (nSPS) is 10.6. The number of hydrogen-bond acceptors (Lipinski definition) is 4. The van der Waals surface area contributed by atoms with Crippen LogP contribution in [-0.4, -0.2) is 26.5 Å². The molecule has 0 aliphatic carbocycles. The first-order valence-corrected chi connectivity index (χ1v) is 5.08. The Balaban J connectivity index is 2.37. The van der Waals surface area contributed by atoms with Crippen LogP contribution in [0.2, 0.25) is 0 Å². The maximum atomic E-state index is 8.84. The molecule has 2 aromatic rings. The maximum absolute atomic E-state index is 8.84. The van der Waals surface area contributed by atoms with Gasteiger partial charge in [0.05, 0.1) is 18.8 Å². The molecular weight excluding hydrogens is 204 g/mol. The van der Waals surface area contributed by atoms with Crippen molar-refractivity contribution in [2.24, 2.45) is 0 Å². The summed E-state index contributed by atoms with van der Waals surface area (Å²) in [5.74, 6) is 0.554. The van der Waals surface area contributed by atoms with E-state index in [1.54, 1.807) is 16.9 Å². The lowest BCUT2D eigenvalue weighted by Gasteiger charge is -1.99. The molecule has 2 aromatic heterocycles. The highest BCUT2D eigenvalue weighted by Gasteiger charge is 2.06. The topological polar surface area (TPSA) is 77.0 Å². The van der Waals surface area contributed by atoms with Crippen LogP contribution in [0, 0.1) is 6.92 Å². The highest BCUT2D eigenvalue weighted by Crippen LogP contribution is 2.20. The third-order valence-electron chi connectivity index (χ3n) is 2.32. The van der Waals surface area contributed by atoms with Gasteiger partial charge in [-0.2, -0.15) is 5.10 Å². The molecule has 84 valence electrons. The zero-order chi connectivity index (χ0) is 11.5. The fraction of sp³-hybridized carbons (Fsp3) is 0.273. The fourth-order valence-corrected chi connectivity index (χ4v) is 1.55. The van der Waals surface area contributed by atoms with Crippen molar-refractivity contribution in [1.29, 1.82) is 0 Å². The number of nitrogen functional groups attached to an aromatic ring is 1. The van der Waals surface area contributed by atoms with E-state index in [0.717, 1.165) is 17.0 Å². The van der Waals surface area contributed by atoms with Crippen molar-refractivity contribution in [3.8, 4) is 11.3 Å². The van der Waals surface area contributed by atoms with Crippen molar-refractivity contribution in [2.45, 2.75) is 13.5 Å². The van der Waals surface area contributed by atoms with Gasteiger partial charge < -0.3 is 10.8 Å². The molecule has 0 aliphatic heterocycles. The number of aliphatic hydroxyl groups is 1. The molecule has 0 amide bonds. The molecule has 0 aromatic carbocycles. The largest absolute Gasteiger partial charge is 0.394 e. The van der Waals surface area contributed by atoms with Crippen molar-refractivity contribution in [3.63, 3.8) is 0 Å². The van der Waals surface area contributed by atoms with Crippen LogP contribution in [-0.2, 0) is 6.54 Å². The summed E-state index contributed by atoms with van der Waals surface area (Å²) in [5, 5.41) is 13.2. The minimum absolute atomic E-state index is 0.0285. The molecule has 0 unspecified atom stereocenters. The SMILES string of the molecule is Cc1cc(-c2cc(N)n(CCO)n2)ccn1. The highest BCUT2D eigenvalue weighted by atomic mass is 16.3. The van der Waals surface area contributed by atoms with Gasteiger partial charge in [0.1, 0.15) is 5.82 Å². The van der Waals surface area contributed by atoms with E-state index in [1.165, 1.54) is 0 Å². The van der Waals surface area contributed by atoms with E-state index >= 15 is 0 Å². The molecule has 0 fully saturated rings. The number of nitrogens with two attached hydrogens (primary N) is 1. The maximum Gasteiger partial charge on any atom is 0.122 e. The smallest absolute Gasteiger partial charge is 0.122 e. The van der Waals surface area contributed by atoms with Crippen molar-refractivity contribution in [1.82, 2.24) is 14.8 Å². The highest BCUT2D eigenvalue weighted by molar-refractivity contribution is 5.62. The number of hydrogen-bond donors (Lipinski definition) is 2. The Morgan fingerprint density at radius 1 is 1.44 bits per heavy atom. The van der Waals surface area contributed by atoms with E-state index in [1.807, 2.05) is 19.1 Å². The number of aliphatic hydroxyl groups excluding tert-OH is 1. The van der Waals surface area contributed by atoms with Crippen LogP contribution >= 0.6 is 0 Å². The minimum Gasteiger partial charge on any atom is -0.394 e. The Morgan fingerprint density at radius 2 is 2.25 bits per heavy atom.